The molecule has 0 fully saturated rings. The first-order valence-electron chi connectivity index (χ1n) is 8.92. The quantitative estimate of drug-likeness (QED) is 0.870. The van der Waals surface area contributed by atoms with Crippen LogP contribution in [0, 0.1) is 20.8 Å². The second-order valence-corrected chi connectivity index (χ2v) is 6.43. The van der Waals surface area contributed by atoms with E-state index >= 15 is 0 Å². The van der Waals surface area contributed by atoms with Gasteiger partial charge in [-0.2, -0.15) is 5.10 Å². The largest absolute Gasteiger partial charge is 0.313 e. The van der Waals surface area contributed by atoms with Crippen LogP contribution in [0.5, 0.6) is 0 Å². The van der Waals surface area contributed by atoms with E-state index in [0.717, 1.165) is 24.2 Å². The van der Waals surface area contributed by atoms with Crippen LogP contribution in [-0.4, -0.2) is 20.3 Å². The zero-order valence-electron chi connectivity index (χ0n) is 16.0. The van der Waals surface area contributed by atoms with Crippen molar-refractivity contribution in [3.05, 3.63) is 45.0 Å². The van der Waals surface area contributed by atoms with Crippen LogP contribution in [-0.2, 0) is 6.54 Å². The summed E-state index contributed by atoms with van der Waals surface area (Å²) in [6.07, 6.45) is 1.85. The number of nitrogens with zero attached hydrogens (tertiary/aromatic N) is 3. The zero-order chi connectivity index (χ0) is 18.7. The van der Waals surface area contributed by atoms with Crippen molar-refractivity contribution in [2.24, 2.45) is 0 Å². The number of aromatic nitrogens is 3. The van der Waals surface area contributed by atoms with E-state index in [1.54, 1.807) is 11.5 Å². The fourth-order valence-electron chi connectivity index (χ4n) is 3.30. The Morgan fingerprint density at radius 3 is 2.36 bits per heavy atom. The minimum atomic E-state index is -0.378. The number of pyridine rings is 1. The summed E-state index contributed by atoms with van der Waals surface area (Å²) in [5.74, 6) is 0.260. The molecule has 0 saturated heterocycles. The summed E-state index contributed by atoms with van der Waals surface area (Å²) < 4.78 is 3.47. The van der Waals surface area contributed by atoms with E-state index < -0.39 is 0 Å². The number of amides is 1. The first-order chi connectivity index (χ1) is 11.8. The van der Waals surface area contributed by atoms with Gasteiger partial charge in [0.05, 0.1) is 11.7 Å². The van der Waals surface area contributed by atoms with E-state index in [-0.39, 0.29) is 23.1 Å². The average molecular weight is 344 g/mol. The number of carbonyl (C=O) groups excluding carboxylic acids is 1. The minimum Gasteiger partial charge on any atom is -0.313 e. The number of hydrogen-bond acceptors (Lipinski definition) is 3. The topological polar surface area (TPSA) is 68.9 Å². The van der Waals surface area contributed by atoms with Gasteiger partial charge in [-0.1, -0.05) is 13.8 Å². The summed E-state index contributed by atoms with van der Waals surface area (Å²) in [4.78, 5) is 25.5. The summed E-state index contributed by atoms with van der Waals surface area (Å²) in [5.41, 5.74) is 2.34. The number of hydrogen-bond donors (Lipinski definition) is 1. The molecule has 2 heterocycles. The smallest absolute Gasteiger partial charge is 0.263 e. The first kappa shape index (κ1) is 19.0. The Morgan fingerprint density at radius 1 is 1.16 bits per heavy atom. The number of anilines is 1. The van der Waals surface area contributed by atoms with Crippen LogP contribution in [0.25, 0.3) is 0 Å². The highest BCUT2D eigenvalue weighted by Gasteiger charge is 2.20. The molecule has 0 aliphatic heterocycles. The van der Waals surface area contributed by atoms with Crippen LogP contribution in [0.15, 0.2) is 16.9 Å². The van der Waals surface area contributed by atoms with Crippen molar-refractivity contribution in [1.82, 2.24) is 14.3 Å². The molecule has 0 saturated carbocycles. The van der Waals surface area contributed by atoms with Gasteiger partial charge in [-0.05, 0) is 52.2 Å². The summed E-state index contributed by atoms with van der Waals surface area (Å²) in [5, 5.41) is 7.41. The van der Waals surface area contributed by atoms with E-state index in [4.69, 9.17) is 0 Å². The maximum absolute atomic E-state index is 12.8. The molecule has 0 bridgehead atoms. The summed E-state index contributed by atoms with van der Waals surface area (Å²) in [6, 6.07) is 3.94. The minimum absolute atomic E-state index is 0.197. The van der Waals surface area contributed by atoms with Gasteiger partial charge in [0.2, 0.25) is 0 Å². The van der Waals surface area contributed by atoms with Crippen molar-refractivity contribution in [2.75, 3.05) is 5.32 Å². The Labute approximate surface area is 148 Å². The molecule has 0 radical (unpaired) electrons. The van der Waals surface area contributed by atoms with Gasteiger partial charge >= 0.3 is 0 Å². The lowest BCUT2D eigenvalue weighted by Crippen LogP contribution is -2.32. The van der Waals surface area contributed by atoms with Crippen molar-refractivity contribution in [3.63, 3.8) is 0 Å². The lowest BCUT2D eigenvalue weighted by Gasteiger charge is -2.18. The van der Waals surface area contributed by atoms with Crippen molar-refractivity contribution in [3.8, 4) is 0 Å². The predicted molar refractivity (Wildman–Crippen MR) is 100 cm³/mol. The Kier molecular flexibility index (Phi) is 5.82. The van der Waals surface area contributed by atoms with Crippen LogP contribution in [0.3, 0.4) is 0 Å². The van der Waals surface area contributed by atoms with Gasteiger partial charge in [-0.3, -0.25) is 9.59 Å². The van der Waals surface area contributed by atoms with Crippen molar-refractivity contribution < 1.29 is 4.79 Å². The second kappa shape index (κ2) is 7.68. The number of rotatable bonds is 6. The second-order valence-electron chi connectivity index (χ2n) is 6.43. The maximum Gasteiger partial charge on any atom is 0.263 e. The zero-order valence-corrected chi connectivity index (χ0v) is 16.0. The van der Waals surface area contributed by atoms with E-state index in [0.29, 0.717) is 17.9 Å². The van der Waals surface area contributed by atoms with Gasteiger partial charge in [0.1, 0.15) is 11.4 Å². The molecule has 0 aliphatic carbocycles. The van der Waals surface area contributed by atoms with Crippen molar-refractivity contribution >= 4 is 11.7 Å². The molecule has 1 N–H and O–H groups in total. The third-order valence-corrected chi connectivity index (χ3v) is 4.64. The van der Waals surface area contributed by atoms with E-state index in [1.807, 2.05) is 37.6 Å². The summed E-state index contributed by atoms with van der Waals surface area (Å²) in [7, 11) is 0. The molecule has 2 aromatic heterocycles. The normalized spacial score (nSPS) is 11.2. The fraction of sp³-hybridized carbons (Fsp3) is 0.526. The van der Waals surface area contributed by atoms with Gasteiger partial charge in [-0.15, -0.1) is 0 Å². The molecule has 6 nitrogen and oxygen atoms in total. The molecule has 6 heteroatoms. The highest BCUT2D eigenvalue weighted by atomic mass is 16.2. The van der Waals surface area contributed by atoms with Crippen molar-refractivity contribution in [2.45, 2.75) is 67.0 Å². The molecular weight excluding hydrogens is 316 g/mol. The lowest BCUT2D eigenvalue weighted by atomic mass is 10.1. The first-order valence-corrected chi connectivity index (χ1v) is 8.92. The molecule has 2 rings (SSSR count). The number of carbonyl (C=O) groups is 1. The van der Waals surface area contributed by atoms with Gasteiger partial charge in [-0.25, -0.2) is 4.68 Å². The summed E-state index contributed by atoms with van der Waals surface area (Å²) in [6.45, 7) is 12.2. The monoisotopic (exact) mass is 344 g/mol. The Bertz CT molecular complexity index is 829. The van der Waals surface area contributed by atoms with Crippen LogP contribution in [0.2, 0.25) is 0 Å². The van der Waals surface area contributed by atoms with Crippen LogP contribution in [0.4, 0.5) is 5.82 Å². The Balaban J connectivity index is 2.44. The van der Waals surface area contributed by atoms with E-state index in [1.165, 1.54) is 0 Å². The van der Waals surface area contributed by atoms with Crippen molar-refractivity contribution in [1.29, 1.82) is 0 Å². The Morgan fingerprint density at radius 2 is 1.80 bits per heavy atom. The molecule has 25 heavy (non-hydrogen) atoms. The Hall–Kier alpha value is -2.37. The number of aryl methyl sites for hydroxylation is 3. The van der Waals surface area contributed by atoms with Crippen LogP contribution < -0.4 is 10.9 Å². The highest BCUT2D eigenvalue weighted by molar-refractivity contribution is 6.04. The molecule has 0 spiro atoms. The molecule has 0 unspecified atom stereocenters. The molecule has 0 aliphatic rings. The van der Waals surface area contributed by atoms with Gasteiger partial charge < -0.3 is 9.88 Å². The van der Waals surface area contributed by atoms with Gasteiger partial charge in [0.15, 0.2) is 0 Å². The van der Waals surface area contributed by atoms with Gasteiger partial charge in [0.25, 0.3) is 11.5 Å². The van der Waals surface area contributed by atoms with Crippen LogP contribution in [0.1, 0.15) is 67.0 Å². The maximum atomic E-state index is 12.8. The van der Waals surface area contributed by atoms with Gasteiger partial charge in [0, 0.05) is 18.3 Å². The van der Waals surface area contributed by atoms with E-state index in [9.17, 15) is 9.59 Å². The third kappa shape index (κ3) is 3.67. The highest BCUT2D eigenvalue weighted by Crippen LogP contribution is 2.22. The molecule has 2 aromatic rings. The third-order valence-electron chi connectivity index (χ3n) is 4.64. The molecular formula is C19H28N4O2. The fourth-order valence-corrected chi connectivity index (χ4v) is 3.30. The SMILES string of the molecule is CCC(CC)n1nc(C)cc1NC(=O)c1c(C)cc(C)n(CC)c1=O. The average Bonchev–Trinajstić information content (AvgIpc) is 2.89. The van der Waals surface area contributed by atoms with Crippen LogP contribution >= 0.6 is 0 Å². The molecule has 0 atom stereocenters. The standard InChI is InChI=1S/C19H28N4O2/c1-7-15(8-2)23-16(11-13(5)21-23)20-18(24)17-12(4)10-14(6)22(9-3)19(17)25/h10-11,15H,7-9H2,1-6H3,(H,20,24). The van der Waals surface area contributed by atoms with E-state index in [2.05, 4.69) is 24.3 Å². The molecule has 1 amide bonds. The predicted octanol–water partition coefficient (Wildman–Crippen LogP) is 3.60. The summed E-state index contributed by atoms with van der Waals surface area (Å²) >= 11 is 0. The molecule has 136 valence electrons. The lowest BCUT2D eigenvalue weighted by molar-refractivity contribution is 0.102. The number of nitrogens with one attached hydrogen (secondary N) is 1. The molecule has 0 aromatic carbocycles.